The molecule has 0 aliphatic carbocycles. The lowest BCUT2D eigenvalue weighted by molar-refractivity contribution is 0.113. The molecule has 2 aromatic heterocycles. The number of piperidine rings is 1. The lowest BCUT2D eigenvalue weighted by atomic mass is 9.79. The van der Waals surface area contributed by atoms with Gasteiger partial charge >= 0.3 is 0 Å². The smallest absolute Gasteiger partial charge is 0.156 e. The second-order valence-electron chi connectivity index (χ2n) is 11.2. The van der Waals surface area contributed by atoms with E-state index in [9.17, 15) is 0 Å². The van der Waals surface area contributed by atoms with Crippen molar-refractivity contribution in [2.24, 2.45) is 4.99 Å². The molecule has 0 bridgehead atoms. The van der Waals surface area contributed by atoms with Crippen molar-refractivity contribution in [2.45, 2.75) is 85.4 Å². The highest BCUT2D eigenvalue weighted by molar-refractivity contribution is 5.83. The molecule has 1 aromatic carbocycles. The standard InChI is InChI=1S/C27H37FN6/c1-16-10-20(23-11-17(2)25-29-18(3)15-34(25)31-23)12-22(28)24(16)30-19(4)33(9)21-13-26(5,6)32-27(7,8)14-21/h10-12,15,21,32H,13-14H2,1-9H3. The maximum absolute atomic E-state index is 15.3. The number of aliphatic imine (C=N–C) groups is 1. The quantitative estimate of drug-likeness (QED) is 0.396. The number of rotatable bonds is 3. The fraction of sp³-hybridized carbons (Fsp3) is 0.519. The van der Waals surface area contributed by atoms with Crippen LogP contribution in [0.25, 0.3) is 16.9 Å². The number of amidine groups is 1. The van der Waals surface area contributed by atoms with Crippen molar-refractivity contribution >= 4 is 17.2 Å². The van der Waals surface area contributed by atoms with Gasteiger partial charge < -0.3 is 10.2 Å². The molecule has 1 aliphatic rings. The molecule has 1 saturated heterocycles. The van der Waals surface area contributed by atoms with Crippen LogP contribution >= 0.6 is 0 Å². The Morgan fingerprint density at radius 2 is 1.74 bits per heavy atom. The second kappa shape index (κ2) is 8.45. The van der Waals surface area contributed by atoms with E-state index in [1.165, 1.54) is 6.07 Å². The van der Waals surface area contributed by atoms with Gasteiger partial charge in [-0.15, -0.1) is 0 Å². The molecule has 0 amide bonds. The minimum atomic E-state index is -0.338. The summed E-state index contributed by atoms with van der Waals surface area (Å²) in [6.45, 7) is 16.8. The first-order valence-electron chi connectivity index (χ1n) is 12.0. The molecule has 34 heavy (non-hydrogen) atoms. The minimum Gasteiger partial charge on any atom is -0.360 e. The van der Waals surface area contributed by atoms with Gasteiger partial charge in [0.1, 0.15) is 17.3 Å². The molecular weight excluding hydrogens is 427 g/mol. The Balaban J connectivity index is 1.64. The molecule has 0 atom stereocenters. The average molecular weight is 465 g/mol. The van der Waals surface area contributed by atoms with E-state index in [0.717, 1.165) is 46.7 Å². The molecule has 182 valence electrons. The Labute approximate surface area is 202 Å². The van der Waals surface area contributed by atoms with Crippen molar-refractivity contribution in [2.75, 3.05) is 7.05 Å². The van der Waals surface area contributed by atoms with Crippen LogP contribution in [0, 0.1) is 26.6 Å². The number of benzene rings is 1. The topological polar surface area (TPSA) is 57.8 Å². The maximum Gasteiger partial charge on any atom is 0.156 e. The van der Waals surface area contributed by atoms with E-state index < -0.39 is 0 Å². The fourth-order valence-electron chi connectivity index (χ4n) is 5.46. The van der Waals surface area contributed by atoms with E-state index in [1.807, 2.05) is 46.0 Å². The molecule has 1 aliphatic heterocycles. The number of fused-ring (bicyclic) bond motifs is 1. The third kappa shape index (κ3) is 4.85. The van der Waals surface area contributed by atoms with Gasteiger partial charge in [0.05, 0.1) is 17.6 Å². The Morgan fingerprint density at radius 3 is 2.35 bits per heavy atom. The van der Waals surface area contributed by atoms with Gasteiger partial charge in [-0.05, 0) is 97.6 Å². The Bertz CT molecular complexity index is 1230. The van der Waals surface area contributed by atoms with Crippen LogP contribution in [0.2, 0.25) is 0 Å². The predicted molar refractivity (Wildman–Crippen MR) is 137 cm³/mol. The number of halogens is 1. The van der Waals surface area contributed by atoms with E-state index in [2.05, 4.69) is 55.0 Å². The summed E-state index contributed by atoms with van der Waals surface area (Å²) in [5.41, 5.74) is 5.41. The van der Waals surface area contributed by atoms with Crippen molar-refractivity contribution in [3.05, 3.63) is 47.0 Å². The first-order valence-corrected chi connectivity index (χ1v) is 12.0. The first-order chi connectivity index (χ1) is 15.7. The molecule has 0 spiro atoms. The lowest BCUT2D eigenvalue weighted by Crippen LogP contribution is -2.62. The third-order valence-corrected chi connectivity index (χ3v) is 6.78. The van der Waals surface area contributed by atoms with Crippen LogP contribution in [-0.4, -0.2) is 49.5 Å². The Morgan fingerprint density at radius 1 is 1.09 bits per heavy atom. The molecule has 1 N–H and O–H groups in total. The molecule has 0 saturated carbocycles. The average Bonchev–Trinajstić information content (AvgIpc) is 3.08. The van der Waals surface area contributed by atoms with Gasteiger partial charge in [-0.3, -0.25) is 0 Å². The van der Waals surface area contributed by atoms with Crippen LogP contribution in [0.5, 0.6) is 0 Å². The van der Waals surface area contributed by atoms with E-state index in [-0.39, 0.29) is 16.9 Å². The first kappa shape index (κ1) is 24.3. The highest BCUT2D eigenvalue weighted by Crippen LogP contribution is 2.33. The molecule has 3 heterocycles. The second-order valence-corrected chi connectivity index (χ2v) is 11.2. The van der Waals surface area contributed by atoms with Crippen molar-refractivity contribution in [1.82, 2.24) is 24.8 Å². The van der Waals surface area contributed by atoms with Crippen LogP contribution < -0.4 is 5.32 Å². The van der Waals surface area contributed by atoms with Crippen LogP contribution in [0.3, 0.4) is 0 Å². The zero-order valence-electron chi connectivity index (χ0n) is 21.9. The molecule has 7 heteroatoms. The van der Waals surface area contributed by atoms with Crippen LogP contribution in [0.15, 0.2) is 29.4 Å². The zero-order chi connectivity index (χ0) is 25.0. The molecule has 1 fully saturated rings. The maximum atomic E-state index is 15.3. The van der Waals surface area contributed by atoms with Crippen LogP contribution in [0.4, 0.5) is 10.1 Å². The Kier molecular flexibility index (Phi) is 6.05. The van der Waals surface area contributed by atoms with Gasteiger partial charge in [-0.1, -0.05) is 0 Å². The number of nitrogens with zero attached hydrogens (tertiary/aromatic N) is 5. The van der Waals surface area contributed by atoms with Gasteiger partial charge in [-0.25, -0.2) is 18.9 Å². The highest BCUT2D eigenvalue weighted by Gasteiger charge is 2.39. The van der Waals surface area contributed by atoms with Gasteiger partial charge in [0, 0.05) is 29.7 Å². The van der Waals surface area contributed by atoms with Crippen LogP contribution in [-0.2, 0) is 0 Å². The summed E-state index contributed by atoms with van der Waals surface area (Å²) >= 11 is 0. The number of aromatic nitrogens is 3. The van der Waals surface area contributed by atoms with Crippen molar-refractivity contribution in [3.8, 4) is 11.3 Å². The SMILES string of the molecule is CC(=Nc1c(C)cc(-c2cc(C)c3nc(C)cn3n2)cc1F)N(C)C1CC(C)(C)NC(C)(C)C1. The Hall–Kier alpha value is -2.80. The van der Waals surface area contributed by atoms with E-state index in [4.69, 9.17) is 4.99 Å². The zero-order valence-corrected chi connectivity index (χ0v) is 21.9. The van der Waals surface area contributed by atoms with Gasteiger partial charge in [0.2, 0.25) is 0 Å². The molecule has 4 rings (SSSR count). The van der Waals surface area contributed by atoms with Gasteiger partial charge in [0.25, 0.3) is 0 Å². The third-order valence-electron chi connectivity index (χ3n) is 6.78. The largest absolute Gasteiger partial charge is 0.360 e. The summed E-state index contributed by atoms with van der Waals surface area (Å²) in [6.07, 6.45) is 3.89. The minimum absolute atomic E-state index is 0.0315. The molecule has 0 radical (unpaired) electrons. The summed E-state index contributed by atoms with van der Waals surface area (Å²) in [6, 6.07) is 5.78. The molecule has 3 aromatic rings. The van der Waals surface area contributed by atoms with E-state index in [1.54, 1.807) is 4.52 Å². The number of imidazole rings is 1. The number of hydrogen-bond acceptors (Lipinski definition) is 4. The summed E-state index contributed by atoms with van der Waals surface area (Å²) in [5.74, 6) is 0.479. The number of hydrogen-bond donors (Lipinski definition) is 1. The van der Waals surface area contributed by atoms with Crippen molar-refractivity contribution < 1.29 is 4.39 Å². The molecule has 6 nitrogen and oxygen atoms in total. The summed E-state index contributed by atoms with van der Waals surface area (Å²) in [7, 11) is 2.07. The van der Waals surface area contributed by atoms with Gasteiger partial charge in [-0.2, -0.15) is 5.10 Å². The predicted octanol–water partition coefficient (Wildman–Crippen LogP) is 5.75. The molecule has 0 unspecified atom stereocenters. The van der Waals surface area contributed by atoms with Gasteiger partial charge in [0.15, 0.2) is 5.65 Å². The number of nitrogens with one attached hydrogen (secondary N) is 1. The van der Waals surface area contributed by atoms with E-state index in [0.29, 0.717) is 17.4 Å². The lowest BCUT2D eigenvalue weighted by Gasteiger charge is -2.49. The molecular formula is C27H37FN6. The number of aryl methyl sites for hydroxylation is 3. The highest BCUT2D eigenvalue weighted by atomic mass is 19.1. The normalized spacial score (nSPS) is 18.5. The summed E-state index contributed by atoms with van der Waals surface area (Å²) in [4.78, 5) is 11.5. The van der Waals surface area contributed by atoms with E-state index >= 15 is 4.39 Å². The fourth-order valence-corrected chi connectivity index (χ4v) is 5.46. The van der Waals surface area contributed by atoms with Crippen LogP contribution in [0.1, 0.15) is 64.3 Å². The summed E-state index contributed by atoms with van der Waals surface area (Å²) < 4.78 is 17.1. The van der Waals surface area contributed by atoms with Crippen molar-refractivity contribution in [1.29, 1.82) is 0 Å². The summed E-state index contributed by atoms with van der Waals surface area (Å²) in [5, 5.41) is 8.38. The van der Waals surface area contributed by atoms with Crippen molar-refractivity contribution in [3.63, 3.8) is 0 Å². The monoisotopic (exact) mass is 464 g/mol.